The number of hydrogen-bond donors (Lipinski definition) is 1. The van der Waals surface area contributed by atoms with Crippen molar-refractivity contribution in [2.75, 3.05) is 26.2 Å². The van der Waals surface area contributed by atoms with E-state index in [-0.39, 0.29) is 29.9 Å². The van der Waals surface area contributed by atoms with Crippen LogP contribution in [0.5, 0.6) is 0 Å². The van der Waals surface area contributed by atoms with Crippen molar-refractivity contribution in [1.82, 2.24) is 14.5 Å². The molecule has 0 atom stereocenters. The summed E-state index contributed by atoms with van der Waals surface area (Å²) in [6.45, 7) is 6.81. The van der Waals surface area contributed by atoms with Gasteiger partial charge in [-0.3, -0.25) is 4.79 Å². The van der Waals surface area contributed by atoms with Crippen molar-refractivity contribution in [3.8, 4) is 0 Å². The molecule has 164 valence electrons. The van der Waals surface area contributed by atoms with Gasteiger partial charge in [0.05, 0.1) is 24.2 Å². The second-order valence-electron chi connectivity index (χ2n) is 7.85. The number of nitrogens with zero attached hydrogens (tertiary/aromatic N) is 2. The molecule has 0 radical (unpaired) electrons. The van der Waals surface area contributed by atoms with E-state index >= 15 is 0 Å². The SMILES string of the molecule is CCCN1CCC(NC(=O)CN(Cc2ccco2)S(=O)(=O)c2ccc(C)cc2)CC1. The van der Waals surface area contributed by atoms with Gasteiger partial charge >= 0.3 is 0 Å². The Bertz CT molecular complexity index is 902. The fourth-order valence-electron chi connectivity index (χ4n) is 3.71. The van der Waals surface area contributed by atoms with E-state index in [1.807, 2.05) is 6.92 Å². The molecule has 1 aliphatic heterocycles. The van der Waals surface area contributed by atoms with Crippen LogP contribution in [0.3, 0.4) is 0 Å². The number of nitrogens with one attached hydrogen (secondary N) is 1. The van der Waals surface area contributed by atoms with Crippen molar-refractivity contribution in [3.05, 3.63) is 54.0 Å². The maximum absolute atomic E-state index is 13.2. The van der Waals surface area contributed by atoms with Crippen LogP contribution in [-0.4, -0.2) is 55.8 Å². The molecule has 1 saturated heterocycles. The Kier molecular flexibility index (Phi) is 7.69. The number of benzene rings is 1. The van der Waals surface area contributed by atoms with E-state index < -0.39 is 10.0 Å². The number of piperidine rings is 1. The maximum atomic E-state index is 13.2. The van der Waals surface area contributed by atoms with Crippen LogP contribution in [0.2, 0.25) is 0 Å². The molecule has 8 heteroatoms. The summed E-state index contributed by atoms with van der Waals surface area (Å²) in [5.41, 5.74) is 0.971. The zero-order valence-corrected chi connectivity index (χ0v) is 18.5. The Hall–Kier alpha value is -2.16. The van der Waals surface area contributed by atoms with Gasteiger partial charge in [-0.05, 0) is 57.0 Å². The molecule has 1 amide bonds. The lowest BCUT2D eigenvalue weighted by atomic mass is 10.0. The fraction of sp³-hybridized carbons (Fsp3) is 0.500. The molecule has 1 N–H and O–H groups in total. The summed E-state index contributed by atoms with van der Waals surface area (Å²) >= 11 is 0. The molecular formula is C22H31N3O4S. The molecular weight excluding hydrogens is 402 g/mol. The highest BCUT2D eigenvalue weighted by Gasteiger charge is 2.29. The molecule has 1 aromatic carbocycles. The number of aryl methyl sites for hydroxylation is 1. The smallest absolute Gasteiger partial charge is 0.243 e. The highest BCUT2D eigenvalue weighted by molar-refractivity contribution is 7.89. The molecule has 1 aromatic heterocycles. The summed E-state index contributed by atoms with van der Waals surface area (Å²) in [5.74, 6) is 0.206. The molecule has 2 heterocycles. The molecule has 7 nitrogen and oxygen atoms in total. The van der Waals surface area contributed by atoms with E-state index in [2.05, 4.69) is 17.1 Å². The molecule has 2 aromatic rings. The predicted octanol–water partition coefficient (Wildman–Crippen LogP) is 2.77. The van der Waals surface area contributed by atoms with Crippen LogP contribution < -0.4 is 5.32 Å². The molecule has 1 aliphatic rings. The van der Waals surface area contributed by atoms with Crippen molar-refractivity contribution < 1.29 is 17.6 Å². The van der Waals surface area contributed by atoms with Gasteiger partial charge in [-0.25, -0.2) is 8.42 Å². The van der Waals surface area contributed by atoms with E-state index in [1.54, 1.807) is 36.4 Å². The zero-order valence-electron chi connectivity index (χ0n) is 17.7. The van der Waals surface area contributed by atoms with Crippen LogP contribution in [-0.2, 0) is 21.4 Å². The number of likely N-dealkylation sites (tertiary alicyclic amines) is 1. The Labute approximate surface area is 179 Å². The first-order chi connectivity index (χ1) is 14.4. The third-order valence-corrected chi connectivity index (χ3v) is 7.19. The lowest BCUT2D eigenvalue weighted by molar-refractivity contribution is -0.122. The molecule has 30 heavy (non-hydrogen) atoms. The van der Waals surface area contributed by atoms with E-state index in [4.69, 9.17) is 4.42 Å². The first kappa shape index (κ1) is 22.5. The van der Waals surface area contributed by atoms with Crippen LogP contribution in [0.1, 0.15) is 37.5 Å². The first-order valence-electron chi connectivity index (χ1n) is 10.5. The number of rotatable bonds is 9. The van der Waals surface area contributed by atoms with Crippen molar-refractivity contribution >= 4 is 15.9 Å². The summed E-state index contributed by atoms with van der Waals surface area (Å²) < 4.78 is 32.9. The minimum atomic E-state index is -3.84. The number of amides is 1. The van der Waals surface area contributed by atoms with Gasteiger partial charge in [0.1, 0.15) is 5.76 Å². The summed E-state index contributed by atoms with van der Waals surface area (Å²) in [6.07, 6.45) is 4.38. The van der Waals surface area contributed by atoms with Crippen LogP contribution in [0.15, 0.2) is 52.0 Å². The molecule has 3 rings (SSSR count). The van der Waals surface area contributed by atoms with Crippen molar-refractivity contribution in [3.63, 3.8) is 0 Å². The van der Waals surface area contributed by atoms with Gasteiger partial charge in [0.25, 0.3) is 0 Å². The molecule has 1 fully saturated rings. The van der Waals surface area contributed by atoms with Gasteiger partial charge in [-0.2, -0.15) is 4.31 Å². The summed E-state index contributed by atoms with van der Waals surface area (Å²) in [4.78, 5) is 15.3. The lowest BCUT2D eigenvalue weighted by Crippen LogP contribution is -2.48. The van der Waals surface area contributed by atoms with Crippen LogP contribution >= 0.6 is 0 Å². The van der Waals surface area contributed by atoms with Crippen LogP contribution in [0, 0.1) is 6.92 Å². The van der Waals surface area contributed by atoms with Gasteiger partial charge in [-0.15, -0.1) is 0 Å². The number of sulfonamides is 1. The molecule has 0 bridgehead atoms. The Morgan fingerprint density at radius 3 is 2.50 bits per heavy atom. The van der Waals surface area contributed by atoms with Gasteiger partial charge < -0.3 is 14.6 Å². The topological polar surface area (TPSA) is 82.9 Å². The van der Waals surface area contributed by atoms with E-state index in [1.165, 1.54) is 10.6 Å². The van der Waals surface area contributed by atoms with Crippen molar-refractivity contribution in [2.45, 2.75) is 50.6 Å². The normalized spacial score (nSPS) is 16.1. The number of carbonyl (C=O) groups is 1. The Morgan fingerprint density at radius 2 is 1.90 bits per heavy atom. The Balaban J connectivity index is 1.68. The standard InChI is InChI=1S/C22H31N3O4S/c1-3-12-24-13-10-19(11-14-24)23-22(26)17-25(16-20-5-4-15-29-20)30(27,28)21-8-6-18(2)7-9-21/h4-9,15,19H,3,10-14,16-17H2,1-2H3,(H,23,26). The van der Waals surface area contributed by atoms with E-state index in [0.29, 0.717) is 5.76 Å². The summed E-state index contributed by atoms with van der Waals surface area (Å²) in [7, 11) is -3.84. The fourth-order valence-corrected chi connectivity index (χ4v) is 5.07. The third-order valence-electron chi connectivity index (χ3n) is 5.38. The monoisotopic (exact) mass is 433 g/mol. The molecule has 0 spiro atoms. The van der Waals surface area contributed by atoms with Gasteiger partial charge in [0, 0.05) is 19.1 Å². The van der Waals surface area contributed by atoms with Crippen molar-refractivity contribution in [2.24, 2.45) is 0 Å². The van der Waals surface area contributed by atoms with E-state index in [9.17, 15) is 13.2 Å². The number of furan rings is 1. The largest absolute Gasteiger partial charge is 0.468 e. The third kappa shape index (κ3) is 5.93. The molecule has 0 aliphatic carbocycles. The zero-order chi connectivity index (χ0) is 21.6. The van der Waals surface area contributed by atoms with Crippen LogP contribution in [0.25, 0.3) is 0 Å². The highest BCUT2D eigenvalue weighted by atomic mass is 32.2. The predicted molar refractivity (Wildman–Crippen MR) is 115 cm³/mol. The summed E-state index contributed by atoms with van der Waals surface area (Å²) in [6, 6.07) is 10.1. The van der Waals surface area contributed by atoms with Gasteiger partial charge in [-0.1, -0.05) is 24.6 Å². The van der Waals surface area contributed by atoms with Crippen molar-refractivity contribution in [1.29, 1.82) is 0 Å². The first-order valence-corrected chi connectivity index (χ1v) is 11.9. The minimum Gasteiger partial charge on any atom is -0.468 e. The average molecular weight is 434 g/mol. The second kappa shape index (κ2) is 10.2. The van der Waals surface area contributed by atoms with E-state index in [0.717, 1.165) is 44.5 Å². The number of carbonyl (C=O) groups excluding carboxylic acids is 1. The number of hydrogen-bond acceptors (Lipinski definition) is 5. The Morgan fingerprint density at radius 1 is 1.20 bits per heavy atom. The van der Waals surface area contributed by atoms with Gasteiger partial charge in [0.15, 0.2) is 0 Å². The highest BCUT2D eigenvalue weighted by Crippen LogP contribution is 2.19. The average Bonchev–Trinajstić information content (AvgIpc) is 3.23. The van der Waals surface area contributed by atoms with Gasteiger partial charge in [0.2, 0.25) is 15.9 Å². The van der Waals surface area contributed by atoms with Crippen LogP contribution in [0.4, 0.5) is 0 Å². The summed E-state index contributed by atoms with van der Waals surface area (Å²) in [5, 5.41) is 3.02. The quantitative estimate of drug-likeness (QED) is 0.658. The molecule has 0 saturated carbocycles. The molecule has 0 unspecified atom stereocenters. The maximum Gasteiger partial charge on any atom is 0.243 e. The second-order valence-corrected chi connectivity index (χ2v) is 9.79. The minimum absolute atomic E-state index is 0.00553. The lowest BCUT2D eigenvalue weighted by Gasteiger charge is -2.32.